The summed E-state index contributed by atoms with van der Waals surface area (Å²) < 4.78 is 5.68. The third-order valence-electron chi connectivity index (χ3n) is 3.70. The molecule has 0 amide bonds. The lowest BCUT2D eigenvalue weighted by molar-refractivity contribution is 0.103. The van der Waals surface area contributed by atoms with Gasteiger partial charge in [0, 0.05) is 24.8 Å². The van der Waals surface area contributed by atoms with Crippen LogP contribution in [0.5, 0.6) is 0 Å². The smallest absolute Gasteiger partial charge is 0.0642 e. The van der Waals surface area contributed by atoms with Gasteiger partial charge in [-0.3, -0.25) is 4.98 Å². The molecule has 0 radical (unpaired) electrons. The van der Waals surface area contributed by atoms with Gasteiger partial charge in [0.15, 0.2) is 0 Å². The van der Waals surface area contributed by atoms with E-state index in [1.807, 2.05) is 6.20 Å². The SMILES string of the molecule is CC(C)c1ccc(N2CCOC[C@@H](N(C)C)C2)cn1. The first-order chi connectivity index (χ1) is 9.08. The Bertz CT molecular complexity index is 389. The maximum absolute atomic E-state index is 5.68. The van der Waals surface area contributed by atoms with Crippen LogP contribution in [0.1, 0.15) is 25.5 Å². The highest BCUT2D eigenvalue weighted by Crippen LogP contribution is 2.19. The Kier molecular flexibility index (Phi) is 4.77. The second kappa shape index (κ2) is 6.35. The summed E-state index contributed by atoms with van der Waals surface area (Å²) in [5.74, 6) is 0.482. The van der Waals surface area contributed by atoms with Gasteiger partial charge in [-0.15, -0.1) is 0 Å². The minimum absolute atomic E-state index is 0.437. The van der Waals surface area contributed by atoms with Gasteiger partial charge < -0.3 is 14.5 Å². The molecule has 1 aliphatic heterocycles. The highest BCUT2D eigenvalue weighted by atomic mass is 16.5. The second-order valence-corrected chi connectivity index (χ2v) is 5.73. The van der Waals surface area contributed by atoms with Gasteiger partial charge in [0.2, 0.25) is 0 Å². The summed E-state index contributed by atoms with van der Waals surface area (Å²) in [5, 5.41) is 0. The van der Waals surface area contributed by atoms with Gasteiger partial charge in [-0.1, -0.05) is 13.8 Å². The molecule has 1 saturated heterocycles. The minimum Gasteiger partial charge on any atom is -0.378 e. The van der Waals surface area contributed by atoms with Gasteiger partial charge >= 0.3 is 0 Å². The number of nitrogens with zero attached hydrogens (tertiary/aromatic N) is 3. The van der Waals surface area contributed by atoms with Crippen molar-refractivity contribution in [1.29, 1.82) is 0 Å². The van der Waals surface area contributed by atoms with Crippen LogP contribution >= 0.6 is 0 Å². The maximum atomic E-state index is 5.68. The highest BCUT2D eigenvalue weighted by Gasteiger charge is 2.20. The number of rotatable bonds is 3. The molecule has 1 aliphatic rings. The molecule has 2 rings (SSSR count). The van der Waals surface area contributed by atoms with Crippen LogP contribution in [0.4, 0.5) is 5.69 Å². The molecule has 1 aromatic heterocycles. The first kappa shape index (κ1) is 14.3. The number of pyridine rings is 1. The third kappa shape index (κ3) is 3.67. The Labute approximate surface area is 116 Å². The molecule has 19 heavy (non-hydrogen) atoms. The number of anilines is 1. The summed E-state index contributed by atoms with van der Waals surface area (Å²) in [4.78, 5) is 9.16. The van der Waals surface area contributed by atoms with Crippen LogP contribution in [-0.2, 0) is 4.74 Å². The average molecular weight is 263 g/mol. The molecule has 2 heterocycles. The van der Waals surface area contributed by atoms with E-state index in [2.05, 4.69) is 54.9 Å². The molecule has 0 bridgehead atoms. The third-order valence-corrected chi connectivity index (χ3v) is 3.70. The Hall–Kier alpha value is -1.13. The fourth-order valence-corrected chi connectivity index (χ4v) is 2.27. The van der Waals surface area contributed by atoms with Crippen molar-refractivity contribution in [2.75, 3.05) is 45.3 Å². The lowest BCUT2D eigenvalue weighted by Gasteiger charge is -2.29. The van der Waals surface area contributed by atoms with Crippen LogP contribution in [-0.4, -0.2) is 56.3 Å². The van der Waals surface area contributed by atoms with Gasteiger partial charge in [-0.25, -0.2) is 0 Å². The lowest BCUT2D eigenvalue weighted by atomic mass is 10.1. The number of hydrogen-bond donors (Lipinski definition) is 0. The van der Waals surface area contributed by atoms with Crippen LogP contribution in [0.2, 0.25) is 0 Å². The van der Waals surface area contributed by atoms with Crippen molar-refractivity contribution in [3.05, 3.63) is 24.0 Å². The number of likely N-dealkylation sites (N-methyl/N-ethyl adjacent to an activating group) is 1. The molecule has 0 aromatic carbocycles. The second-order valence-electron chi connectivity index (χ2n) is 5.73. The Morgan fingerprint density at radius 3 is 2.74 bits per heavy atom. The maximum Gasteiger partial charge on any atom is 0.0642 e. The topological polar surface area (TPSA) is 28.6 Å². The fourth-order valence-electron chi connectivity index (χ4n) is 2.27. The van der Waals surface area contributed by atoms with Gasteiger partial charge in [0.25, 0.3) is 0 Å². The van der Waals surface area contributed by atoms with E-state index < -0.39 is 0 Å². The molecule has 0 spiro atoms. The molecular formula is C15H25N3O. The Morgan fingerprint density at radius 2 is 2.16 bits per heavy atom. The van der Waals surface area contributed by atoms with E-state index in [0.29, 0.717) is 12.0 Å². The molecule has 0 N–H and O–H groups in total. The van der Waals surface area contributed by atoms with Crippen LogP contribution in [0, 0.1) is 0 Å². The molecular weight excluding hydrogens is 238 g/mol. The van der Waals surface area contributed by atoms with Crippen molar-refractivity contribution in [3.8, 4) is 0 Å². The van der Waals surface area contributed by atoms with Gasteiger partial charge in [0.05, 0.1) is 25.1 Å². The largest absolute Gasteiger partial charge is 0.378 e. The number of ether oxygens (including phenoxy) is 1. The molecule has 1 atom stereocenters. The zero-order chi connectivity index (χ0) is 13.8. The molecule has 4 nitrogen and oxygen atoms in total. The number of hydrogen-bond acceptors (Lipinski definition) is 4. The molecule has 4 heteroatoms. The summed E-state index contributed by atoms with van der Waals surface area (Å²) in [5.41, 5.74) is 2.35. The summed E-state index contributed by atoms with van der Waals surface area (Å²) in [7, 11) is 4.22. The van der Waals surface area contributed by atoms with Crippen molar-refractivity contribution in [2.24, 2.45) is 0 Å². The van der Waals surface area contributed by atoms with E-state index in [4.69, 9.17) is 4.74 Å². The standard InChI is InChI=1S/C15H25N3O/c1-12(2)15-6-5-13(9-16-15)18-7-8-19-11-14(10-18)17(3)4/h5-6,9,12,14H,7-8,10-11H2,1-4H3/t14-/m0/s1. The quantitative estimate of drug-likeness (QED) is 0.833. The van der Waals surface area contributed by atoms with E-state index in [1.165, 1.54) is 5.69 Å². The van der Waals surface area contributed by atoms with Crippen molar-refractivity contribution < 1.29 is 4.74 Å². The van der Waals surface area contributed by atoms with Crippen molar-refractivity contribution >= 4 is 5.69 Å². The van der Waals surface area contributed by atoms with Gasteiger partial charge in [-0.05, 0) is 32.1 Å². The van der Waals surface area contributed by atoms with E-state index in [9.17, 15) is 0 Å². The van der Waals surface area contributed by atoms with Crippen LogP contribution in [0.15, 0.2) is 18.3 Å². The molecule has 0 unspecified atom stereocenters. The Balaban J connectivity index is 2.10. The van der Waals surface area contributed by atoms with Crippen LogP contribution in [0.3, 0.4) is 0 Å². The molecule has 0 saturated carbocycles. The molecule has 0 aliphatic carbocycles. The van der Waals surface area contributed by atoms with E-state index in [1.54, 1.807) is 0 Å². The van der Waals surface area contributed by atoms with Crippen molar-refractivity contribution in [2.45, 2.75) is 25.8 Å². The van der Waals surface area contributed by atoms with Crippen molar-refractivity contribution in [1.82, 2.24) is 9.88 Å². The van der Waals surface area contributed by atoms with Crippen LogP contribution in [0.25, 0.3) is 0 Å². The van der Waals surface area contributed by atoms with E-state index in [-0.39, 0.29) is 0 Å². The average Bonchev–Trinajstić information content (AvgIpc) is 2.64. The first-order valence-corrected chi connectivity index (χ1v) is 7.03. The molecule has 1 fully saturated rings. The molecule has 1 aromatic rings. The zero-order valence-electron chi connectivity index (χ0n) is 12.5. The van der Waals surface area contributed by atoms with E-state index in [0.717, 1.165) is 32.0 Å². The van der Waals surface area contributed by atoms with Crippen molar-refractivity contribution in [3.63, 3.8) is 0 Å². The van der Waals surface area contributed by atoms with Crippen LogP contribution < -0.4 is 4.90 Å². The minimum atomic E-state index is 0.437. The van der Waals surface area contributed by atoms with Gasteiger partial charge in [0.1, 0.15) is 0 Å². The summed E-state index contributed by atoms with van der Waals surface area (Å²) >= 11 is 0. The predicted molar refractivity (Wildman–Crippen MR) is 78.8 cm³/mol. The fraction of sp³-hybridized carbons (Fsp3) is 0.667. The first-order valence-electron chi connectivity index (χ1n) is 7.03. The predicted octanol–water partition coefficient (Wildman–Crippen LogP) is 1.97. The number of aromatic nitrogens is 1. The Morgan fingerprint density at radius 1 is 1.37 bits per heavy atom. The lowest BCUT2D eigenvalue weighted by Crippen LogP contribution is -2.41. The summed E-state index contributed by atoms with van der Waals surface area (Å²) in [6, 6.07) is 4.75. The summed E-state index contributed by atoms with van der Waals surface area (Å²) in [6.45, 7) is 7.87. The monoisotopic (exact) mass is 263 g/mol. The summed E-state index contributed by atoms with van der Waals surface area (Å²) in [6.07, 6.45) is 1.99. The van der Waals surface area contributed by atoms with E-state index >= 15 is 0 Å². The van der Waals surface area contributed by atoms with Gasteiger partial charge in [-0.2, -0.15) is 0 Å². The molecule has 106 valence electrons. The zero-order valence-corrected chi connectivity index (χ0v) is 12.5. The highest BCUT2D eigenvalue weighted by molar-refractivity contribution is 5.45. The normalized spacial score (nSPS) is 20.9.